The van der Waals surface area contributed by atoms with E-state index in [9.17, 15) is 4.79 Å². The Morgan fingerprint density at radius 3 is 2.92 bits per heavy atom. The number of anilines is 1. The van der Waals surface area contributed by atoms with Crippen molar-refractivity contribution in [1.82, 2.24) is 0 Å². The quantitative estimate of drug-likeness (QED) is 0.739. The highest BCUT2D eigenvalue weighted by molar-refractivity contribution is 7.20. The highest BCUT2D eigenvalue weighted by Crippen LogP contribution is 2.26. The van der Waals surface area contributed by atoms with E-state index in [0.29, 0.717) is 0 Å². The van der Waals surface area contributed by atoms with Gasteiger partial charge in [0.1, 0.15) is 0 Å². The fourth-order valence-electron chi connectivity index (χ4n) is 1.27. The maximum atomic E-state index is 10.5. The molecule has 0 unspecified atom stereocenters. The van der Waals surface area contributed by atoms with E-state index in [4.69, 9.17) is 0 Å². The van der Waals surface area contributed by atoms with Crippen LogP contribution in [0.5, 0.6) is 0 Å². The molecule has 1 aromatic heterocycles. The van der Waals surface area contributed by atoms with Crippen LogP contribution in [-0.2, 0) is 0 Å². The van der Waals surface area contributed by atoms with Crippen LogP contribution in [0.15, 0.2) is 24.3 Å². The number of carbonyl (C=O) groups is 1. The van der Waals surface area contributed by atoms with E-state index in [2.05, 4.69) is 5.32 Å². The van der Waals surface area contributed by atoms with Crippen molar-refractivity contribution in [2.45, 2.75) is 0 Å². The summed E-state index contributed by atoms with van der Waals surface area (Å²) in [6.07, 6.45) is 0.893. The molecule has 0 amide bonds. The maximum Gasteiger partial charge on any atom is 0.160 e. The minimum Gasteiger partial charge on any atom is -0.388 e. The second-order valence-electron chi connectivity index (χ2n) is 2.77. The van der Waals surface area contributed by atoms with Gasteiger partial charge in [-0.2, -0.15) is 0 Å². The van der Waals surface area contributed by atoms with Gasteiger partial charge in [0.25, 0.3) is 0 Å². The van der Waals surface area contributed by atoms with Crippen LogP contribution >= 0.6 is 11.3 Å². The Labute approximate surface area is 80.2 Å². The number of thiophene rings is 1. The summed E-state index contributed by atoms with van der Waals surface area (Å²) >= 11 is 1.52. The van der Waals surface area contributed by atoms with Gasteiger partial charge in [-0.25, -0.2) is 0 Å². The minimum absolute atomic E-state index is 0.781. The third-order valence-electron chi connectivity index (χ3n) is 1.94. The summed E-state index contributed by atoms with van der Waals surface area (Å²) < 4.78 is 1.15. The molecule has 2 rings (SSSR count). The Hall–Kier alpha value is -1.35. The number of rotatable bonds is 2. The minimum atomic E-state index is 0.781. The van der Waals surface area contributed by atoms with Gasteiger partial charge in [0.2, 0.25) is 0 Å². The van der Waals surface area contributed by atoms with Crippen molar-refractivity contribution in [1.29, 1.82) is 0 Å². The molecule has 0 saturated carbocycles. The van der Waals surface area contributed by atoms with Crippen LogP contribution in [0.4, 0.5) is 5.69 Å². The molecule has 0 atom stereocenters. The molecule has 0 fully saturated rings. The first-order valence-corrected chi connectivity index (χ1v) is 4.81. The van der Waals surface area contributed by atoms with Crippen molar-refractivity contribution in [3.63, 3.8) is 0 Å². The zero-order valence-corrected chi connectivity index (χ0v) is 8.02. The lowest BCUT2D eigenvalue weighted by atomic mass is 10.2. The first kappa shape index (κ1) is 8.26. The Balaban J connectivity index is 2.63. The summed E-state index contributed by atoms with van der Waals surface area (Å²) in [7, 11) is 1.88. The SMILES string of the molecule is CNc1ccc2cc(C=O)sc2c1. The summed E-state index contributed by atoms with van der Waals surface area (Å²) in [5, 5.41) is 4.20. The second kappa shape index (κ2) is 3.18. The van der Waals surface area contributed by atoms with E-state index >= 15 is 0 Å². The van der Waals surface area contributed by atoms with Crippen LogP contribution in [0, 0.1) is 0 Å². The molecule has 0 spiro atoms. The molecular formula is C10H9NOS. The van der Waals surface area contributed by atoms with Gasteiger partial charge >= 0.3 is 0 Å². The summed E-state index contributed by atoms with van der Waals surface area (Å²) in [4.78, 5) is 11.3. The predicted molar refractivity (Wildman–Crippen MR) is 56.8 cm³/mol. The molecule has 3 heteroatoms. The Morgan fingerprint density at radius 1 is 1.38 bits per heavy atom. The Kier molecular flexibility index (Phi) is 2.02. The van der Waals surface area contributed by atoms with Crippen molar-refractivity contribution in [2.75, 3.05) is 12.4 Å². The number of aldehydes is 1. The molecular weight excluding hydrogens is 182 g/mol. The number of fused-ring (bicyclic) bond motifs is 1. The van der Waals surface area contributed by atoms with Crippen molar-refractivity contribution >= 4 is 33.4 Å². The topological polar surface area (TPSA) is 29.1 Å². The highest BCUT2D eigenvalue weighted by atomic mass is 32.1. The smallest absolute Gasteiger partial charge is 0.160 e. The van der Waals surface area contributed by atoms with Gasteiger partial charge < -0.3 is 5.32 Å². The molecule has 1 N–H and O–H groups in total. The van der Waals surface area contributed by atoms with Gasteiger partial charge in [0.15, 0.2) is 6.29 Å². The highest BCUT2D eigenvalue weighted by Gasteiger charge is 2.00. The largest absolute Gasteiger partial charge is 0.388 e. The molecule has 0 bridgehead atoms. The standard InChI is InChI=1S/C10H9NOS/c1-11-8-3-2-7-4-9(6-12)13-10(7)5-8/h2-6,11H,1H3. The third kappa shape index (κ3) is 1.42. The number of carbonyl (C=O) groups excluding carboxylic acids is 1. The lowest BCUT2D eigenvalue weighted by molar-refractivity contribution is 0.112. The van der Waals surface area contributed by atoms with Gasteiger partial charge in [-0.1, -0.05) is 6.07 Å². The van der Waals surface area contributed by atoms with Crippen molar-refractivity contribution in [3.8, 4) is 0 Å². The van der Waals surface area contributed by atoms with E-state index in [1.807, 2.05) is 31.3 Å². The van der Waals surface area contributed by atoms with E-state index < -0.39 is 0 Å². The summed E-state index contributed by atoms with van der Waals surface area (Å²) in [6.45, 7) is 0. The van der Waals surface area contributed by atoms with Gasteiger partial charge in [-0.3, -0.25) is 4.79 Å². The van der Waals surface area contributed by atoms with Crippen LogP contribution in [0.3, 0.4) is 0 Å². The normalized spacial score (nSPS) is 10.2. The summed E-state index contributed by atoms with van der Waals surface area (Å²) in [5.41, 5.74) is 1.08. The number of hydrogen-bond donors (Lipinski definition) is 1. The van der Waals surface area contributed by atoms with E-state index in [1.54, 1.807) is 0 Å². The molecule has 2 nitrogen and oxygen atoms in total. The van der Waals surface area contributed by atoms with E-state index in [0.717, 1.165) is 26.9 Å². The Morgan fingerprint density at radius 2 is 2.23 bits per heavy atom. The molecule has 0 aliphatic heterocycles. The zero-order chi connectivity index (χ0) is 9.26. The van der Waals surface area contributed by atoms with Crippen molar-refractivity contribution in [2.24, 2.45) is 0 Å². The number of nitrogens with one attached hydrogen (secondary N) is 1. The molecule has 0 saturated heterocycles. The molecule has 0 radical (unpaired) electrons. The summed E-state index contributed by atoms with van der Waals surface area (Å²) in [6, 6.07) is 7.98. The third-order valence-corrected chi connectivity index (χ3v) is 2.97. The van der Waals surface area contributed by atoms with E-state index in [-0.39, 0.29) is 0 Å². The number of hydrogen-bond acceptors (Lipinski definition) is 3. The van der Waals surface area contributed by atoms with Gasteiger partial charge in [-0.05, 0) is 23.6 Å². The average molecular weight is 191 g/mol. The monoisotopic (exact) mass is 191 g/mol. The molecule has 1 aromatic carbocycles. The average Bonchev–Trinajstić information content (AvgIpc) is 2.58. The molecule has 2 aromatic rings. The van der Waals surface area contributed by atoms with Crippen molar-refractivity contribution < 1.29 is 4.79 Å². The van der Waals surface area contributed by atoms with Crippen LogP contribution in [-0.4, -0.2) is 13.3 Å². The van der Waals surface area contributed by atoms with Crippen LogP contribution in [0.1, 0.15) is 9.67 Å². The molecule has 0 aliphatic rings. The van der Waals surface area contributed by atoms with Crippen LogP contribution in [0.25, 0.3) is 10.1 Å². The molecule has 1 heterocycles. The van der Waals surface area contributed by atoms with Gasteiger partial charge in [0, 0.05) is 17.4 Å². The van der Waals surface area contributed by atoms with Crippen LogP contribution < -0.4 is 5.32 Å². The summed E-state index contributed by atoms with van der Waals surface area (Å²) in [5.74, 6) is 0. The molecule has 13 heavy (non-hydrogen) atoms. The Bertz CT molecular complexity index is 447. The first-order valence-electron chi connectivity index (χ1n) is 4.00. The molecule has 0 aliphatic carbocycles. The van der Waals surface area contributed by atoms with E-state index in [1.165, 1.54) is 11.3 Å². The second-order valence-corrected chi connectivity index (χ2v) is 3.88. The fourth-order valence-corrected chi connectivity index (χ4v) is 2.18. The lowest BCUT2D eigenvalue weighted by Gasteiger charge is -1.97. The first-order chi connectivity index (χ1) is 6.33. The molecule has 66 valence electrons. The van der Waals surface area contributed by atoms with Crippen LogP contribution in [0.2, 0.25) is 0 Å². The van der Waals surface area contributed by atoms with Gasteiger partial charge in [0.05, 0.1) is 4.88 Å². The predicted octanol–water partition coefficient (Wildman–Crippen LogP) is 2.76. The fraction of sp³-hybridized carbons (Fsp3) is 0.100. The van der Waals surface area contributed by atoms with Gasteiger partial charge in [-0.15, -0.1) is 11.3 Å². The maximum absolute atomic E-state index is 10.5. The zero-order valence-electron chi connectivity index (χ0n) is 7.20. The van der Waals surface area contributed by atoms with Crippen molar-refractivity contribution in [3.05, 3.63) is 29.1 Å². The number of benzene rings is 1. The lowest BCUT2D eigenvalue weighted by Crippen LogP contribution is -1.85.